The summed E-state index contributed by atoms with van der Waals surface area (Å²) in [7, 11) is 0. The summed E-state index contributed by atoms with van der Waals surface area (Å²) in [5.41, 5.74) is 3.22. The smallest absolute Gasteiger partial charge is 0.146 e. The first-order chi connectivity index (χ1) is 14.3. The molecule has 0 N–H and O–H groups in total. The van der Waals surface area contributed by atoms with Crippen molar-refractivity contribution in [1.29, 1.82) is 0 Å². The van der Waals surface area contributed by atoms with Gasteiger partial charge in [-0.25, -0.2) is 4.98 Å². The van der Waals surface area contributed by atoms with E-state index in [0.717, 1.165) is 44.3 Å². The summed E-state index contributed by atoms with van der Waals surface area (Å²) in [4.78, 5) is 11.2. The Labute approximate surface area is 181 Å². The number of pyridine rings is 2. The first kappa shape index (κ1) is 18.2. The van der Waals surface area contributed by atoms with E-state index in [9.17, 15) is 0 Å². The number of thioether (sulfide) groups is 1. The molecule has 4 aromatic rings. The van der Waals surface area contributed by atoms with Gasteiger partial charge in [0.15, 0.2) is 0 Å². The number of halogens is 1. The number of anilines is 1. The predicted octanol–water partition coefficient (Wildman–Crippen LogP) is 6.69. The van der Waals surface area contributed by atoms with Crippen LogP contribution in [0.15, 0.2) is 89.0 Å². The molecule has 3 heterocycles. The summed E-state index contributed by atoms with van der Waals surface area (Å²) in [5.74, 6) is 3.15. The number of hydrogen-bond donors (Lipinski definition) is 0. The SMILES string of the molecule is Brc1cnc(N2CSC=C2c2ccccc2)cc1Oc1cccc2ncccc12. The number of ether oxygens (including phenoxy) is 1. The lowest BCUT2D eigenvalue weighted by Gasteiger charge is -2.22. The maximum atomic E-state index is 6.28. The molecular formula is C23H16BrN3OS. The van der Waals surface area contributed by atoms with Crippen molar-refractivity contribution < 1.29 is 4.74 Å². The van der Waals surface area contributed by atoms with Crippen LogP contribution in [0.5, 0.6) is 11.5 Å². The summed E-state index contributed by atoms with van der Waals surface area (Å²) in [6.07, 6.45) is 3.58. The van der Waals surface area contributed by atoms with Gasteiger partial charge in [0.1, 0.15) is 17.3 Å². The van der Waals surface area contributed by atoms with E-state index in [1.165, 1.54) is 5.56 Å². The molecule has 6 heteroatoms. The lowest BCUT2D eigenvalue weighted by Crippen LogP contribution is -2.18. The number of nitrogens with zero attached hydrogens (tertiary/aromatic N) is 3. The van der Waals surface area contributed by atoms with Gasteiger partial charge >= 0.3 is 0 Å². The Hall–Kier alpha value is -2.83. The molecule has 2 aromatic carbocycles. The maximum Gasteiger partial charge on any atom is 0.146 e. The van der Waals surface area contributed by atoms with Gasteiger partial charge in [-0.2, -0.15) is 0 Å². The first-order valence-corrected chi connectivity index (χ1v) is 11.0. The molecule has 0 saturated carbocycles. The summed E-state index contributed by atoms with van der Waals surface area (Å²) >= 11 is 5.34. The lowest BCUT2D eigenvalue weighted by molar-refractivity contribution is 0.484. The Morgan fingerprint density at radius 3 is 2.72 bits per heavy atom. The van der Waals surface area contributed by atoms with Crippen LogP contribution in [0, 0.1) is 0 Å². The Bertz CT molecular complexity index is 1210. The first-order valence-electron chi connectivity index (χ1n) is 9.11. The van der Waals surface area contributed by atoms with Gasteiger partial charge in [-0.1, -0.05) is 36.4 Å². The Kier molecular flexibility index (Phi) is 4.96. The molecule has 1 aliphatic rings. The Morgan fingerprint density at radius 1 is 0.931 bits per heavy atom. The van der Waals surface area contributed by atoms with Crippen molar-refractivity contribution >= 4 is 50.1 Å². The van der Waals surface area contributed by atoms with E-state index in [0.29, 0.717) is 0 Å². The van der Waals surface area contributed by atoms with Crippen molar-refractivity contribution in [2.45, 2.75) is 0 Å². The zero-order valence-electron chi connectivity index (χ0n) is 15.3. The van der Waals surface area contributed by atoms with Crippen LogP contribution < -0.4 is 9.64 Å². The third-order valence-corrected chi connectivity index (χ3v) is 6.06. The molecule has 0 spiro atoms. The highest BCUT2D eigenvalue weighted by Crippen LogP contribution is 2.39. The minimum absolute atomic E-state index is 0.718. The van der Waals surface area contributed by atoms with Crippen LogP contribution in [0.1, 0.15) is 5.56 Å². The highest BCUT2D eigenvalue weighted by atomic mass is 79.9. The molecule has 5 rings (SSSR count). The molecule has 1 aliphatic heterocycles. The molecule has 142 valence electrons. The van der Waals surface area contributed by atoms with Gasteiger partial charge in [0.25, 0.3) is 0 Å². The number of fused-ring (bicyclic) bond motifs is 1. The molecule has 0 radical (unpaired) electrons. The highest BCUT2D eigenvalue weighted by Gasteiger charge is 2.21. The van der Waals surface area contributed by atoms with Crippen LogP contribution in [0.25, 0.3) is 16.6 Å². The van der Waals surface area contributed by atoms with Gasteiger partial charge in [0.05, 0.1) is 21.6 Å². The summed E-state index contributed by atoms with van der Waals surface area (Å²) < 4.78 is 7.09. The molecule has 0 atom stereocenters. The normalized spacial score (nSPS) is 13.6. The molecular weight excluding hydrogens is 446 g/mol. The molecule has 0 unspecified atom stereocenters. The van der Waals surface area contributed by atoms with Crippen molar-refractivity contribution in [3.05, 3.63) is 94.6 Å². The van der Waals surface area contributed by atoms with Crippen molar-refractivity contribution in [2.24, 2.45) is 0 Å². The fourth-order valence-electron chi connectivity index (χ4n) is 3.26. The second-order valence-electron chi connectivity index (χ2n) is 6.49. The fourth-order valence-corrected chi connectivity index (χ4v) is 4.48. The van der Waals surface area contributed by atoms with E-state index >= 15 is 0 Å². The van der Waals surface area contributed by atoms with Crippen molar-refractivity contribution in [3.8, 4) is 11.5 Å². The Balaban J connectivity index is 1.50. The molecule has 29 heavy (non-hydrogen) atoms. The van der Waals surface area contributed by atoms with Crippen LogP contribution in [-0.4, -0.2) is 15.8 Å². The van der Waals surface area contributed by atoms with E-state index in [2.05, 4.69) is 60.5 Å². The molecule has 0 aliphatic carbocycles. The predicted molar refractivity (Wildman–Crippen MR) is 123 cm³/mol. The van der Waals surface area contributed by atoms with Crippen LogP contribution in [0.2, 0.25) is 0 Å². The van der Waals surface area contributed by atoms with Gasteiger partial charge < -0.3 is 9.64 Å². The standard InChI is InChI=1S/C23H16BrN3OS/c24-18-13-26-23(27-15-29-14-20(27)16-6-2-1-3-7-16)12-22(18)28-21-10-4-9-19-17(21)8-5-11-25-19/h1-14H,15H2. The quantitative estimate of drug-likeness (QED) is 0.338. The van der Waals surface area contributed by atoms with Crippen molar-refractivity contribution in [3.63, 3.8) is 0 Å². The summed E-state index contributed by atoms with van der Waals surface area (Å²) in [6, 6.07) is 22.2. The Morgan fingerprint density at radius 2 is 1.83 bits per heavy atom. The zero-order valence-corrected chi connectivity index (χ0v) is 17.7. The monoisotopic (exact) mass is 461 g/mol. The third-order valence-electron chi connectivity index (χ3n) is 4.67. The van der Waals surface area contributed by atoms with E-state index in [4.69, 9.17) is 4.74 Å². The van der Waals surface area contributed by atoms with Crippen molar-refractivity contribution in [1.82, 2.24) is 9.97 Å². The molecule has 2 aromatic heterocycles. The molecule has 0 saturated heterocycles. The number of benzene rings is 2. The average Bonchev–Trinajstić information content (AvgIpc) is 3.26. The van der Waals surface area contributed by atoms with Crippen LogP contribution in [-0.2, 0) is 0 Å². The molecule has 0 fully saturated rings. The second kappa shape index (κ2) is 7.89. The topological polar surface area (TPSA) is 38.2 Å². The average molecular weight is 462 g/mol. The van der Waals surface area contributed by atoms with Gasteiger partial charge in [-0.15, -0.1) is 11.8 Å². The zero-order chi connectivity index (χ0) is 19.6. The number of hydrogen-bond acceptors (Lipinski definition) is 5. The molecule has 0 amide bonds. The van der Waals surface area contributed by atoms with Gasteiger partial charge in [0.2, 0.25) is 0 Å². The van der Waals surface area contributed by atoms with E-state index < -0.39 is 0 Å². The van der Waals surface area contributed by atoms with Gasteiger partial charge in [0, 0.05) is 23.8 Å². The molecule has 0 bridgehead atoms. The third kappa shape index (κ3) is 3.61. The fraction of sp³-hybridized carbons (Fsp3) is 0.0435. The summed E-state index contributed by atoms with van der Waals surface area (Å²) in [6.45, 7) is 0. The van der Waals surface area contributed by atoms with Crippen molar-refractivity contribution in [2.75, 3.05) is 10.8 Å². The molecule has 4 nitrogen and oxygen atoms in total. The van der Waals surface area contributed by atoms with Crippen LogP contribution >= 0.6 is 27.7 Å². The number of aromatic nitrogens is 2. The van der Waals surface area contributed by atoms with Gasteiger partial charge in [-0.3, -0.25) is 4.98 Å². The minimum atomic E-state index is 0.718. The maximum absolute atomic E-state index is 6.28. The number of rotatable bonds is 4. The second-order valence-corrected chi connectivity index (χ2v) is 8.18. The lowest BCUT2D eigenvalue weighted by atomic mass is 10.1. The van der Waals surface area contributed by atoms with E-state index in [1.807, 2.05) is 42.5 Å². The van der Waals surface area contributed by atoms with E-state index in [1.54, 1.807) is 24.2 Å². The van der Waals surface area contributed by atoms with Gasteiger partial charge in [-0.05, 0) is 51.2 Å². The largest absolute Gasteiger partial charge is 0.455 e. The van der Waals surface area contributed by atoms with Crippen LogP contribution in [0.3, 0.4) is 0 Å². The summed E-state index contributed by atoms with van der Waals surface area (Å²) in [5, 5.41) is 3.15. The van der Waals surface area contributed by atoms with E-state index in [-0.39, 0.29) is 0 Å². The minimum Gasteiger partial charge on any atom is -0.455 e. The highest BCUT2D eigenvalue weighted by molar-refractivity contribution is 9.10. The van der Waals surface area contributed by atoms with Crippen LogP contribution in [0.4, 0.5) is 5.82 Å².